The Hall–Kier alpha value is -1.49. The van der Waals surface area contributed by atoms with E-state index in [0.29, 0.717) is 6.61 Å². The number of alkyl carbamates (subject to hydrolysis) is 1. The van der Waals surface area contributed by atoms with E-state index in [2.05, 4.69) is 25.0 Å². The van der Waals surface area contributed by atoms with Crippen LogP contribution in [0.15, 0.2) is 24.3 Å². The Bertz CT molecular complexity index is 425. The molecule has 0 saturated carbocycles. The number of rotatable bonds is 3. The molecule has 4 nitrogen and oxygen atoms in total. The molecule has 0 spiro atoms. The summed E-state index contributed by atoms with van der Waals surface area (Å²) in [7, 11) is -1.56. The highest BCUT2D eigenvalue weighted by molar-refractivity contribution is 6.70. The standard InChI is InChI=1S/C13H19NO3Si/c1-18(2,3)17-11-6-4-10(5-7-11)12-8-9-16-13(15)14-12/h4-7,12H,8-9H2,1-3H3,(H,14,15)/t12-/m1/s1. The monoisotopic (exact) mass is 265 g/mol. The number of hydrogen-bond donors (Lipinski definition) is 1. The Balaban J connectivity index is 2.05. The molecule has 18 heavy (non-hydrogen) atoms. The Morgan fingerprint density at radius 3 is 2.50 bits per heavy atom. The number of carbonyl (C=O) groups is 1. The highest BCUT2D eigenvalue weighted by atomic mass is 28.4. The van der Waals surface area contributed by atoms with Gasteiger partial charge in [0.05, 0.1) is 12.6 Å². The van der Waals surface area contributed by atoms with Crippen molar-refractivity contribution in [3.8, 4) is 5.75 Å². The van der Waals surface area contributed by atoms with Gasteiger partial charge in [-0.25, -0.2) is 4.79 Å². The van der Waals surface area contributed by atoms with E-state index in [0.717, 1.165) is 17.7 Å². The molecular weight excluding hydrogens is 246 g/mol. The normalized spacial score (nSPS) is 19.9. The van der Waals surface area contributed by atoms with Crippen molar-refractivity contribution < 1.29 is 14.0 Å². The molecule has 5 heteroatoms. The first-order chi connectivity index (χ1) is 8.44. The molecule has 1 amide bonds. The van der Waals surface area contributed by atoms with Gasteiger partial charge in [-0.3, -0.25) is 0 Å². The second-order valence-electron chi connectivity index (χ2n) is 5.40. The van der Waals surface area contributed by atoms with Crippen LogP contribution in [0.25, 0.3) is 0 Å². The minimum absolute atomic E-state index is 0.0483. The predicted octanol–water partition coefficient (Wildman–Crippen LogP) is 3.07. The summed E-state index contributed by atoms with van der Waals surface area (Å²) in [6.45, 7) is 6.93. The molecule has 1 fully saturated rings. The van der Waals surface area contributed by atoms with Crippen LogP contribution in [0, 0.1) is 0 Å². The molecule has 1 N–H and O–H groups in total. The molecule has 0 aromatic heterocycles. The third-order valence-corrected chi connectivity index (χ3v) is 3.49. The van der Waals surface area contributed by atoms with Gasteiger partial charge in [0, 0.05) is 6.42 Å². The molecule has 1 atom stereocenters. The van der Waals surface area contributed by atoms with Gasteiger partial charge in [0.25, 0.3) is 0 Å². The summed E-state index contributed by atoms with van der Waals surface area (Å²) >= 11 is 0. The molecule has 0 bridgehead atoms. The first kappa shape index (κ1) is 13.0. The lowest BCUT2D eigenvalue weighted by molar-refractivity contribution is 0.115. The number of hydrogen-bond acceptors (Lipinski definition) is 3. The van der Waals surface area contributed by atoms with Crippen LogP contribution < -0.4 is 9.74 Å². The third-order valence-electron chi connectivity index (χ3n) is 2.64. The van der Waals surface area contributed by atoms with Gasteiger partial charge >= 0.3 is 6.09 Å². The number of ether oxygens (including phenoxy) is 1. The van der Waals surface area contributed by atoms with Crippen molar-refractivity contribution in [2.24, 2.45) is 0 Å². The maximum atomic E-state index is 11.1. The summed E-state index contributed by atoms with van der Waals surface area (Å²) in [5.74, 6) is 0.899. The Labute approximate surface area is 108 Å². The van der Waals surface area contributed by atoms with Gasteiger partial charge < -0.3 is 14.5 Å². The molecule has 0 radical (unpaired) electrons. The molecule has 0 unspecified atom stereocenters. The summed E-state index contributed by atoms with van der Waals surface area (Å²) in [5.41, 5.74) is 1.09. The zero-order valence-corrected chi connectivity index (χ0v) is 12.0. The van der Waals surface area contributed by atoms with E-state index in [9.17, 15) is 4.79 Å². The van der Waals surface area contributed by atoms with Crippen LogP contribution in [-0.2, 0) is 4.74 Å². The van der Waals surface area contributed by atoms with Crippen LogP contribution in [0.5, 0.6) is 5.75 Å². The number of nitrogens with one attached hydrogen (secondary N) is 1. The van der Waals surface area contributed by atoms with E-state index < -0.39 is 8.32 Å². The van der Waals surface area contributed by atoms with Gasteiger partial charge in [-0.15, -0.1) is 0 Å². The summed E-state index contributed by atoms with van der Waals surface area (Å²) in [4.78, 5) is 11.1. The largest absolute Gasteiger partial charge is 0.544 e. The van der Waals surface area contributed by atoms with Gasteiger partial charge in [-0.05, 0) is 37.3 Å². The summed E-state index contributed by atoms with van der Waals surface area (Å²) < 4.78 is 10.7. The van der Waals surface area contributed by atoms with E-state index in [1.807, 2.05) is 24.3 Å². The number of cyclic esters (lactones) is 1. The fourth-order valence-corrected chi connectivity index (χ4v) is 2.74. The summed E-state index contributed by atoms with van der Waals surface area (Å²) in [5, 5.41) is 2.81. The van der Waals surface area contributed by atoms with E-state index in [4.69, 9.17) is 9.16 Å². The topological polar surface area (TPSA) is 47.6 Å². The molecule has 1 aliphatic heterocycles. The molecule has 1 aliphatic rings. The third kappa shape index (κ3) is 3.50. The predicted molar refractivity (Wildman–Crippen MR) is 72.3 cm³/mol. The fraction of sp³-hybridized carbons (Fsp3) is 0.462. The van der Waals surface area contributed by atoms with Gasteiger partial charge in [-0.2, -0.15) is 0 Å². The van der Waals surface area contributed by atoms with Crippen molar-refractivity contribution in [3.63, 3.8) is 0 Å². The first-order valence-corrected chi connectivity index (χ1v) is 9.57. The van der Waals surface area contributed by atoms with Crippen LogP contribution in [0.1, 0.15) is 18.0 Å². The molecule has 98 valence electrons. The van der Waals surface area contributed by atoms with Crippen molar-refractivity contribution in [1.29, 1.82) is 0 Å². The summed E-state index contributed by atoms with van der Waals surface area (Å²) in [6, 6.07) is 7.99. The Morgan fingerprint density at radius 1 is 1.28 bits per heavy atom. The van der Waals surface area contributed by atoms with Gasteiger partial charge in [-0.1, -0.05) is 12.1 Å². The highest BCUT2D eigenvalue weighted by Gasteiger charge is 2.21. The van der Waals surface area contributed by atoms with Crippen molar-refractivity contribution in [2.75, 3.05) is 6.61 Å². The maximum Gasteiger partial charge on any atom is 0.407 e. The molecule has 1 aromatic rings. The van der Waals surface area contributed by atoms with Gasteiger partial charge in [0.2, 0.25) is 8.32 Å². The van der Waals surface area contributed by atoms with Crippen molar-refractivity contribution in [2.45, 2.75) is 32.1 Å². The number of amides is 1. The van der Waals surface area contributed by atoms with E-state index in [1.54, 1.807) is 0 Å². The quantitative estimate of drug-likeness (QED) is 0.854. The molecular formula is C13H19NO3Si. The minimum Gasteiger partial charge on any atom is -0.544 e. The Morgan fingerprint density at radius 2 is 1.94 bits per heavy atom. The fourth-order valence-electron chi connectivity index (χ4n) is 1.90. The van der Waals surface area contributed by atoms with Crippen LogP contribution in [0.3, 0.4) is 0 Å². The zero-order valence-electron chi connectivity index (χ0n) is 11.0. The molecule has 1 aromatic carbocycles. The van der Waals surface area contributed by atoms with Gasteiger partial charge in [0.1, 0.15) is 5.75 Å². The average Bonchev–Trinajstić information content (AvgIpc) is 2.28. The number of carbonyl (C=O) groups excluding carboxylic acids is 1. The SMILES string of the molecule is C[Si](C)(C)Oc1ccc([C@H]2CCOC(=O)N2)cc1. The second-order valence-corrected chi connectivity index (χ2v) is 9.83. The molecule has 0 aliphatic carbocycles. The van der Waals surface area contributed by atoms with E-state index in [1.165, 1.54) is 0 Å². The van der Waals surface area contributed by atoms with E-state index >= 15 is 0 Å². The minimum atomic E-state index is -1.56. The maximum absolute atomic E-state index is 11.1. The van der Waals surface area contributed by atoms with Crippen molar-refractivity contribution in [3.05, 3.63) is 29.8 Å². The second kappa shape index (κ2) is 5.02. The van der Waals surface area contributed by atoms with Crippen LogP contribution in [0.4, 0.5) is 4.79 Å². The first-order valence-electron chi connectivity index (χ1n) is 6.16. The molecule has 1 saturated heterocycles. The average molecular weight is 265 g/mol. The van der Waals surface area contributed by atoms with Crippen molar-refractivity contribution in [1.82, 2.24) is 5.32 Å². The lowest BCUT2D eigenvalue weighted by Crippen LogP contribution is -2.35. The van der Waals surface area contributed by atoms with Crippen LogP contribution in [-0.4, -0.2) is 21.0 Å². The van der Waals surface area contributed by atoms with Crippen LogP contribution in [0.2, 0.25) is 19.6 Å². The van der Waals surface area contributed by atoms with E-state index in [-0.39, 0.29) is 12.1 Å². The lowest BCUT2D eigenvalue weighted by atomic mass is 10.0. The molecule has 1 heterocycles. The zero-order chi connectivity index (χ0) is 13.2. The van der Waals surface area contributed by atoms with Crippen molar-refractivity contribution >= 4 is 14.4 Å². The van der Waals surface area contributed by atoms with Crippen LogP contribution >= 0.6 is 0 Å². The Kier molecular flexibility index (Phi) is 3.61. The highest BCUT2D eigenvalue weighted by Crippen LogP contribution is 2.23. The summed E-state index contributed by atoms with van der Waals surface area (Å²) in [6.07, 6.45) is 0.466. The lowest BCUT2D eigenvalue weighted by Gasteiger charge is -2.24. The molecule has 2 rings (SSSR count). The number of benzene rings is 1. The van der Waals surface area contributed by atoms with Gasteiger partial charge in [0.15, 0.2) is 0 Å². The smallest absolute Gasteiger partial charge is 0.407 e.